The minimum absolute atomic E-state index is 0.0300. The van der Waals surface area contributed by atoms with Crippen molar-refractivity contribution < 1.29 is 0 Å². The second-order valence-corrected chi connectivity index (χ2v) is 4.18. The highest BCUT2D eigenvalue weighted by Crippen LogP contribution is 2.27. The number of aromatic nitrogens is 3. The summed E-state index contributed by atoms with van der Waals surface area (Å²) in [6, 6.07) is 10.00. The Kier molecular flexibility index (Phi) is 2.78. The van der Waals surface area contributed by atoms with Crippen LogP contribution in [0.5, 0.6) is 0 Å². The summed E-state index contributed by atoms with van der Waals surface area (Å²) in [7, 11) is 0. The van der Waals surface area contributed by atoms with Crippen LogP contribution in [-0.2, 0) is 0 Å². The number of aromatic amines is 1. The predicted molar refractivity (Wildman–Crippen MR) is 71.2 cm³/mol. The number of nitrogens with one attached hydrogen (secondary N) is 1. The first kappa shape index (κ1) is 10.9. The fourth-order valence-corrected chi connectivity index (χ4v) is 2.24. The summed E-state index contributed by atoms with van der Waals surface area (Å²) in [6.07, 6.45) is 5.50. The number of nitrogens with two attached hydrogens (primary N) is 1. The fourth-order valence-electron chi connectivity index (χ4n) is 2.24. The number of nitrogens with zero attached hydrogens (tertiary/aromatic N) is 2. The van der Waals surface area contributed by atoms with Gasteiger partial charge < -0.3 is 10.7 Å². The molecule has 0 aliphatic rings. The average molecular weight is 238 g/mol. The molecule has 4 nitrogen and oxygen atoms in total. The lowest BCUT2D eigenvalue weighted by molar-refractivity contribution is 0.754. The van der Waals surface area contributed by atoms with Crippen molar-refractivity contribution in [2.45, 2.75) is 5.92 Å². The first-order valence-electron chi connectivity index (χ1n) is 5.93. The maximum absolute atomic E-state index is 5.89. The molecule has 4 heteroatoms. The number of hydrogen-bond acceptors (Lipinski definition) is 3. The lowest BCUT2D eigenvalue weighted by Gasteiger charge is -2.12. The van der Waals surface area contributed by atoms with Crippen LogP contribution in [0.4, 0.5) is 0 Å². The highest BCUT2D eigenvalue weighted by Gasteiger charge is 2.18. The Morgan fingerprint density at radius 2 is 1.89 bits per heavy atom. The maximum atomic E-state index is 5.89. The van der Waals surface area contributed by atoms with Gasteiger partial charge in [0.1, 0.15) is 5.82 Å². The molecule has 3 rings (SSSR count). The largest absolute Gasteiger partial charge is 0.361 e. The van der Waals surface area contributed by atoms with E-state index >= 15 is 0 Å². The van der Waals surface area contributed by atoms with Crippen molar-refractivity contribution in [1.82, 2.24) is 15.0 Å². The minimum atomic E-state index is 0.0300. The summed E-state index contributed by atoms with van der Waals surface area (Å²) in [5.41, 5.74) is 8.16. The number of benzene rings is 1. The van der Waals surface area contributed by atoms with Gasteiger partial charge in [0.2, 0.25) is 0 Å². The van der Waals surface area contributed by atoms with E-state index in [1.54, 1.807) is 12.4 Å². The van der Waals surface area contributed by atoms with E-state index in [-0.39, 0.29) is 5.92 Å². The normalized spacial score (nSPS) is 12.7. The molecule has 2 aromatic heterocycles. The predicted octanol–water partition coefficient (Wildman–Crippen LogP) is 2.05. The van der Waals surface area contributed by atoms with E-state index in [4.69, 9.17) is 5.73 Å². The van der Waals surface area contributed by atoms with Gasteiger partial charge in [0.15, 0.2) is 0 Å². The molecular weight excluding hydrogens is 224 g/mol. The molecule has 3 aromatic rings. The van der Waals surface area contributed by atoms with Crippen LogP contribution < -0.4 is 5.73 Å². The van der Waals surface area contributed by atoms with Crippen molar-refractivity contribution in [3.05, 3.63) is 60.3 Å². The molecule has 3 N–H and O–H groups in total. The third-order valence-corrected chi connectivity index (χ3v) is 3.13. The summed E-state index contributed by atoms with van der Waals surface area (Å²) in [6.45, 7) is 0.492. The zero-order chi connectivity index (χ0) is 12.4. The molecule has 18 heavy (non-hydrogen) atoms. The second-order valence-electron chi connectivity index (χ2n) is 4.18. The molecule has 0 aliphatic carbocycles. The Bertz CT molecular complexity index is 645. The van der Waals surface area contributed by atoms with Crippen LogP contribution in [-0.4, -0.2) is 21.5 Å². The topological polar surface area (TPSA) is 67.6 Å². The molecule has 2 heterocycles. The van der Waals surface area contributed by atoms with Crippen LogP contribution in [0.15, 0.2) is 48.9 Å². The van der Waals surface area contributed by atoms with E-state index in [9.17, 15) is 0 Å². The standard InChI is InChI=1S/C14H14N4/c15-8-11(14-16-6-3-7-17-14)12-9-18-13-5-2-1-4-10(12)13/h1-7,9,11,18H,8,15H2. The Morgan fingerprint density at radius 1 is 1.11 bits per heavy atom. The van der Waals surface area contributed by atoms with Crippen molar-refractivity contribution in [3.8, 4) is 0 Å². The molecule has 0 fully saturated rings. The van der Waals surface area contributed by atoms with Gasteiger partial charge in [-0.15, -0.1) is 0 Å². The van der Waals surface area contributed by atoms with E-state index in [1.165, 1.54) is 5.39 Å². The van der Waals surface area contributed by atoms with Crippen molar-refractivity contribution in [2.75, 3.05) is 6.54 Å². The Hall–Kier alpha value is -2.20. The molecule has 0 amide bonds. The number of rotatable bonds is 3. The van der Waals surface area contributed by atoms with Crippen molar-refractivity contribution >= 4 is 10.9 Å². The van der Waals surface area contributed by atoms with Crippen molar-refractivity contribution in [3.63, 3.8) is 0 Å². The summed E-state index contributed by atoms with van der Waals surface area (Å²) in [5.74, 6) is 0.798. The molecule has 0 saturated heterocycles. The van der Waals surface area contributed by atoms with Gasteiger partial charge in [0.05, 0.1) is 5.92 Å². The minimum Gasteiger partial charge on any atom is -0.361 e. The van der Waals surface area contributed by atoms with Crippen LogP contribution in [0.2, 0.25) is 0 Å². The van der Waals surface area contributed by atoms with Gasteiger partial charge in [-0.25, -0.2) is 9.97 Å². The summed E-state index contributed by atoms with van der Waals surface area (Å²) in [5, 5.41) is 1.18. The lowest BCUT2D eigenvalue weighted by atomic mass is 9.98. The highest BCUT2D eigenvalue weighted by molar-refractivity contribution is 5.84. The molecule has 1 aromatic carbocycles. The first-order chi connectivity index (χ1) is 8.90. The monoisotopic (exact) mass is 238 g/mol. The molecular formula is C14H14N4. The van der Waals surface area contributed by atoms with Crippen LogP contribution >= 0.6 is 0 Å². The van der Waals surface area contributed by atoms with E-state index < -0.39 is 0 Å². The lowest BCUT2D eigenvalue weighted by Crippen LogP contribution is -2.16. The SMILES string of the molecule is NCC(c1ncccn1)c1c[nH]c2ccccc12. The quantitative estimate of drug-likeness (QED) is 0.733. The van der Waals surface area contributed by atoms with Gasteiger partial charge in [-0.1, -0.05) is 18.2 Å². The van der Waals surface area contributed by atoms with E-state index in [1.807, 2.05) is 24.4 Å². The molecule has 0 aliphatic heterocycles. The van der Waals surface area contributed by atoms with Crippen molar-refractivity contribution in [1.29, 1.82) is 0 Å². The Balaban J connectivity index is 2.12. The molecule has 1 atom stereocenters. The average Bonchev–Trinajstić information content (AvgIpc) is 2.85. The summed E-state index contributed by atoms with van der Waals surface area (Å²) < 4.78 is 0. The third-order valence-electron chi connectivity index (χ3n) is 3.13. The van der Waals surface area contributed by atoms with Crippen LogP contribution in [0.1, 0.15) is 17.3 Å². The fraction of sp³-hybridized carbons (Fsp3) is 0.143. The molecule has 0 spiro atoms. The van der Waals surface area contributed by atoms with Crippen LogP contribution in [0.25, 0.3) is 10.9 Å². The number of fused-ring (bicyclic) bond motifs is 1. The number of para-hydroxylation sites is 1. The number of hydrogen-bond donors (Lipinski definition) is 2. The first-order valence-corrected chi connectivity index (χ1v) is 5.93. The smallest absolute Gasteiger partial charge is 0.136 e. The maximum Gasteiger partial charge on any atom is 0.136 e. The number of H-pyrrole nitrogens is 1. The van der Waals surface area contributed by atoms with Gasteiger partial charge in [-0.05, 0) is 17.7 Å². The summed E-state index contributed by atoms with van der Waals surface area (Å²) >= 11 is 0. The third kappa shape index (κ3) is 1.76. The zero-order valence-corrected chi connectivity index (χ0v) is 9.88. The Morgan fingerprint density at radius 3 is 2.67 bits per heavy atom. The van der Waals surface area contributed by atoms with Gasteiger partial charge in [-0.2, -0.15) is 0 Å². The molecule has 0 bridgehead atoms. The highest BCUT2D eigenvalue weighted by atomic mass is 14.9. The Labute approximate surface area is 105 Å². The molecule has 0 radical (unpaired) electrons. The van der Waals surface area contributed by atoms with Gasteiger partial charge in [0.25, 0.3) is 0 Å². The van der Waals surface area contributed by atoms with Crippen molar-refractivity contribution in [2.24, 2.45) is 5.73 Å². The molecule has 0 saturated carbocycles. The van der Waals surface area contributed by atoms with Gasteiger partial charge in [-0.3, -0.25) is 0 Å². The van der Waals surface area contributed by atoms with Gasteiger partial charge >= 0.3 is 0 Å². The van der Waals surface area contributed by atoms with Crippen LogP contribution in [0.3, 0.4) is 0 Å². The van der Waals surface area contributed by atoms with E-state index in [0.29, 0.717) is 6.54 Å². The zero-order valence-electron chi connectivity index (χ0n) is 9.88. The second kappa shape index (κ2) is 4.58. The van der Waals surface area contributed by atoms with E-state index in [2.05, 4.69) is 27.1 Å². The van der Waals surface area contributed by atoms with Gasteiger partial charge in [0, 0.05) is 36.0 Å². The van der Waals surface area contributed by atoms with Crippen LogP contribution in [0, 0.1) is 0 Å². The molecule has 90 valence electrons. The van der Waals surface area contributed by atoms with E-state index in [0.717, 1.165) is 16.9 Å². The molecule has 1 unspecified atom stereocenters. The summed E-state index contributed by atoms with van der Waals surface area (Å²) in [4.78, 5) is 11.9.